The van der Waals surface area contributed by atoms with Crippen LogP contribution in [0, 0.1) is 22.0 Å². The van der Waals surface area contributed by atoms with Crippen molar-refractivity contribution in [1.82, 2.24) is 5.32 Å². The molecule has 2 heterocycles. The van der Waals surface area contributed by atoms with Crippen molar-refractivity contribution in [3.63, 3.8) is 0 Å². The lowest BCUT2D eigenvalue weighted by atomic mass is 9.73. The van der Waals surface area contributed by atoms with Crippen molar-refractivity contribution < 1.29 is 61.6 Å². The number of rotatable bonds is 5. The Morgan fingerprint density at radius 2 is 1.86 bits per heavy atom. The molecule has 0 unspecified atom stereocenters. The van der Waals surface area contributed by atoms with Crippen molar-refractivity contribution in [2.45, 2.75) is 82.8 Å². The molecule has 4 bridgehead atoms. The first-order valence-electron chi connectivity index (χ1n) is 17.3. The standard InChI is InChI=1S/C37H44ClF3N4O11/c1-19-9-8-10-29(54-7)36(50)18-28(55-34(48)43-36)20(2)21(3)35(4,49)30(17-31(46)44(5)26-14-22(13-19)15-27(53-6)32(26)38)56-33(47)42-24-12-11-23(37(39,40)41)16-25(24)45(51)52/h8-12,14-16,20-21,28-30,49-50H,13,17-18H2,1-7H3,(H,42,47)(H,43,48)/b10-8+,19-9+/t20-,21-,28-,29+,30-,35+,36-/m0/s1. The summed E-state index contributed by atoms with van der Waals surface area (Å²) < 4.78 is 62.2. The van der Waals surface area contributed by atoms with Crippen LogP contribution in [-0.2, 0) is 31.6 Å². The minimum atomic E-state index is -4.93. The van der Waals surface area contributed by atoms with E-state index >= 15 is 0 Å². The molecule has 4 rings (SSSR count). The predicted octanol–water partition coefficient (Wildman–Crippen LogP) is 6.53. The smallest absolute Gasteiger partial charge is 0.416 e. The molecule has 7 atom stereocenters. The number of halogens is 4. The summed E-state index contributed by atoms with van der Waals surface area (Å²) in [5.41, 5.74) is -5.55. The van der Waals surface area contributed by atoms with Crippen LogP contribution in [0.3, 0.4) is 0 Å². The maximum absolute atomic E-state index is 14.1. The van der Waals surface area contributed by atoms with E-state index in [-0.39, 0.29) is 28.9 Å². The molecule has 15 nitrogen and oxygen atoms in total. The minimum absolute atomic E-state index is 0.0656. The number of aliphatic hydroxyl groups is 2. The predicted molar refractivity (Wildman–Crippen MR) is 197 cm³/mol. The number of nitrogens with one attached hydrogen (secondary N) is 2. The third kappa shape index (κ3) is 9.72. The minimum Gasteiger partial charge on any atom is -0.495 e. The molecule has 56 heavy (non-hydrogen) atoms. The number of hydrogen-bond acceptors (Lipinski definition) is 11. The topological polar surface area (TPSA) is 199 Å². The Morgan fingerprint density at radius 1 is 1.18 bits per heavy atom. The number of nitro benzene ring substituents is 1. The molecule has 2 aromatic carbocycles. The number of carbonyl (C=O) groups is 3. The lowest BCUT2D eigenvalue weighted by Crippen LogP contribution is -2.64. The Labute approximate surface area is 325 Å². The molecule has 0 saturated carbocycles. The number of nitrogens with zero attached hydrogens (tertiary/aromatic N) is 2. The molecule has 1 fully saturated rings. The fourth-order valence-electron chi connectivity index (χ4n) is 6.67. The molecule has 3 amide bonds. The largest absolute Gasteiger partial charge is 0.495 e. The SMILES string of the molecule is COc1cc2cc(c1Cl)N(C)C(=O)C[C@H](OC(=O)Nc1ccc(C(F)(F)F)cc1[N+](=O)[O-])[C@](C)(O)[C@@H](C)[C@H](C)[C@@H]1C[C@@](O)(NC(=O)O1)[C@H](OC)/C=C/C=C(\C)C2. The number of anilines is 2. The van der Waals surface area contributed by atoms with Gasteiger partial charge in [0.15, 0.2) is 5.72 Å². The van der Waals surface area contributed by atoms with Gasteiger partial charge in [-0.3, -0.25) is 25.5 Å². The second-order valence-electron chi connectivity index (χ2n) is 14.1. The molecule has 0 aromatic heterocycles. The zero-order chi connectivity index (χ0) is 41.9. The molecule has 306 valence electrons. The van der Waals surface area contributed by atoms with Gasteiger partial charge in [0.05, 0.1) is 29.7 Å². The van der Waals surface area contributed by atoms with Crippen LogP contribution in [0.2, 0.25) is 5.02 Å². The summed E-state index contributed by atoms with van der Waals surface area (Å²) >= 11 is 6.67. The maximum atomic E-state index is 14.1. The summed E-state index contributed by atoms with van der Waals surface area (Å²) in [6, 6.07) is 4.75. The van der Waals surface area contributed by atoms with E-state index in [0.717, 1.165) is 5.57 Å². The Hall–Kier alpha value is -4.91. The number of carbonyl (C=O) groups excluding carboxylic acids is 3. The summed E-state index contributed by atoms with van der Waals surface area (Å²) in [6.07, 6.45) is -6.92. The molecule has 19 heteroatoms. The van der Waals surface area contributed by atoms with E-state index in [1.165, 1.54) is 40.0 Å². The van der Waals surface area contributed by atoms with Crippen molar-refractivity contribution in [3.8, 4) is 5.75 Å². The highest BCUT2D eigenvalue weighted by Crippen LogP contribution is 2.41. The second-order valence-corrected chi connectivity index (χ2v) is 14.5. The maximum Gasteiger partial charge on any atom is 0.416 e. The van der Waals surface area contributed by atoms with Gasteiger partial charge < -0.3 is 34.1 Å². The highest BCUT2D eigenvalue weighted by atomic mass is 35.5. The van der Waals surface area contributed by atoms with Gasteiger partial charge in [-0.25, -0.2) is 9.59 Å². The molecular formula is C37H44ClF3N4O11. The van der Waals surface area contributed by atoms with Crippen LogP contribution in [0.15, 0.2) is 54.1 Å². The van der Waals surface area contributed by atoms with E-state index in [1.54, 1.807) is 37.3 Å². The summed E-state index contributed by atoms with van der Waals surface area (Å²) in [6.45, 7) is 6.22. The molecule has 1 saturated heterocycles. The number of amides is 3. The van der Waals surface area contributed by atoms with Gasteiger partial charge in [0.1, 0.15) is 40.4 Å². The van der Waals surface area contributed by atoms with Gasteiger partial charge >= 0.3 is 18.4 Å². The lowest BCUT2D eigenvalue weighted by Gasteiger charge is -2.46. The first-order chi connectivity index (χ1) is 26.0. The van der Waals surface area contributed by atoms with Crippen LogP contribution in [-0.4, -0.2) is 84.1 Å². The number of methoxy groups -OCH3 is 2. The van der Waals surface area contributed by atoms with E-state index in [0.29, 0.717) is 24.1 Å². The molecule has 4 N–H and O–H groups in total. The third-order valence-electron chi connectivity index (χ3n) is 10.3. The molecule has 0 radical (unpaired) electrons. The lowest BCUT2D eigenvalue weighted by molar-refractivity contribution is -0.384. The first kappa shape index (κ1) is 43.8. The third-order valence-corrected chi connectivity index (χ3v) is 10.7. The van der Waals surface area contributed by atoms with Crippen molar-refractivity contribution >= 4 is 46.8 Å². The van der Waals surface area contributed by atoms with Gasteiger partial charge in [0.25, 0.3) is 5.69 Å². The van der Waals surface area contributed by atoms with Gasteiger partial charge in [0, 0.05) is 26.6 Å². The zero-order valence-corrected chi connectivity index (χ0v) is 32.4. The Morgan fingerprint density at radius 3 is 2.46 bits per heavy atom. The van der Waals surface area contributed by atoms with Crippen molar-refractivity contribution in [3.05, 3.63) is 80.4 Å². The van der Waals surface area contributed by atoms with Gasteiger partial charge in [-0.05, 0) is 61.9 Å². The van der Waals surface area contributed by atoms with E-state index in [2.05, 4.69) is 10.6 Å². The monoisotopic (exact) mass is 812 g/mol. The van der Waals surface area contributed by atoms with Gasteiger partial charge in [-0.15, -0.1) is 0 Å². The van der Waals surface area contributed by atoms with Gasteiger partial charge in [0.2, 0.25) is 5.91 Å². The van der Waals surface area contributed by atoms with E-state index in [4.69, 9.17) is 30.5 Å². The average Bonchev–Trinajstić information content (AvgIpc) is 3.11. The average molecular weight is 813 g/mol. The number of alkyl carbamates (subject to hydrolysis) is 1. The molecule has 0 spiro atoms. The van der Waals surface area contributed by atoms with Crippen molar-refractivity contribution in [1.29, 1.82) is 0 Å². The number of ether oxygens (including phenoxy) is 4. The van der Waals surface area contributed by atoms with Gasteiger partial charge in [-0.2, -0.15) is 13.2 Å². The van der Waals surface area contributed by atoms with Crippen LogP contribution >= 0.6 is 11.6 Å². The Kier molecular flexibility index (Phi) is 13.4. The first-order valence-corrected chi connectivity index (χ1v) is 17.7. The van der Waals surface area contributed by atoms with E-state index in [9.17, 15) is 47.9 Å². The normalized spacial score (nSPS) is 29.3. The molecule has 2 aliphatic rings. The van der Waals surface area contributed by atoms with E-state index < -0.39 is 94.0 Å². The number of benzene rings is 2. The fraction of sp³-hybridized carbons (Fsp3) is 0.486. The number of allylic oxidation sites excluding steroid dienone is 3. The van der Waals surface area contributed by atoms with Gasteiger partial charge in [-0.1, -0.05) is 49.2 Å². The number of hydrogen-bond donors (Lipinski definition) is 4. The molecular weight excluding hydrogens is 769 g/mol. The van der Waals surface area contributed by atoms with Crippen molar-refractivity contribution in [2.24, 2.45) is 11.8 Å². The van der Waals surface area contributed by atoms with Crippen LogP contribution in [0.25, 0.3) is 0 Å². The Balaban J connectivity index is 1.82. The Bertz CT molecular complexity index is 1910. The van der Waals surface area contributed by atoms with Crippen LogP contribution in [0.1, 0.15) is 51.7 Å². The summed E-state index contributed by atoms with van der Waals surface area (Å²) in [4.78, 5) is 52.1. The number of fused-ring (bicyclic) bond motifs is 4. The molecule has 0 aliphatic carbocycles. The highest BCUT2D eigenvalue weighted by molar-refractivity contribution is 6.35. The summed E-state index contributed by atoms with van der Waals surface area (Å²) in [7, 11) is 4.12. The summed E-state index contributed by atoms with van der Waals surface area (Å²) in [5, 5.41) is 40.1. The number of nitro groups is 1. The quantitative estimate of drug-likeness (QED) is 0.189. The molecule has 2 aliphatic heterocycles. The second kappa shape index (κ2) is 17.1. The van der Waals surface area contributed by atoms with Crippen molar-refractivity contribution in [2.75, 3.05) is 31.5 Å². The zero-order valence-electron chi connectivity index (χ0n) is 31.6. The number of alkyl halides is 3. The summed E-state index contributed by atoms with van der Waals surface area (Å²) in [5.74, 6) is -2.32. The fourth-order valence-corrected chi connectivity index (χ4v) is 6.98. The van der Waals surface area contributed by atoms with Crippen LogP contribution in [0.5, 0.6) is 5.75 Å². The van der Waals surface area contributed by atoms with E-state index in [1.807, 2.05) is 6.92 Å². The highest BCUT2D eigenvalue weighted by Gasteiger charge is 2.51. The molecule has 2 aromatic rings. The van der Waals surface area contributed by atoms with Crippen LogP contribution < -0.4 is 20.3 Å². The van der Waals surface area contributed by atoms with Crippen LogP contribution in [0.4, 0.5) is 39.8 Å².